The Morgan fingerprint density at radius 3 is 1.71 bits per heavy atom. The molecule has 2 heteroatoms. The first-order chi connectivity index (χ1) is 13.8. The molecule has 0 N–H and O–H groups in total. The third kappa shape index (κ3) is 3.87. The summed E-state index contributed by atoms with van der Waals surface area (Å²) in [5.74, 6) is 0.365. The zero-order valence-electron chi connectivity index (χ0n) is 16.4. The number of hydrogen-bond acceptors (Lipinski definition) is 1. The molecule has 3 aromatic carbocycles. The average Bonchev–Trinajstić information content (AvgIpc) is 3.19. The van der Waals surface area contributed by atoms with E-state index >= 15 is 0 Å². The van der Waals surface area contributed by atoms with E-state index in [0.717, 1.165) is 0 Å². The Hall–Kier alpha value is -2.47. The maximum Gasteiger partial charge on any atom is 0.0445 e. The summed E-state index contributed by atoms with van der Waals surface area (Å²) in [4.78, 5) is 2.35. The Balaban J connectivity index is 1.78. The van der Waals surface area contributed by atoms with Crippen LogP contribution in [0.15, 0.2) is 115 Å². The molecule has 1 unspecified atom stereocenters. The highest BCUT2D eigenvalue weighted by atomic mass is 31.1. The van der Waals surface area contributed by atoms with Crippen molar-refractivity contribution in [3.63, 3.8) is 0 Å². The topological polar surface area (TPSA) is 3.24 Å². The first kappa shape index (κ1) is 18.9. The van der Waals surface area contributed by atoms with Crippen LogP contribution in [0.3, 0.4) is 0 Å². The molecule has 1 aliphatic rings. The Morgan fingerprint density at radius 1 is 0.714 bits per heavy atom. The van der Waals surface area contributed by atoms with Gasteiger partial charge in [0.25, 0.3) is 0 Å². The lowest BCUT2D eigenvalue weighted by molar-refractivity contribution is 0.265. The van der Waals surface area contributed by atoms with E-state index in [0.29, 0.717) is 12.0 Å². The molecule has 1 nitrogen and oxygen atoms in total. The molecule has 0 saturated carbocycles. The zero-order valence-corrected chi connectivity index (χ0v) is 17.3. The van der Waals surface area contributed by atoms with E-state index in [4.69, 9.17) is 0 Å². The van der Waals surface area contributed by atoms with Crippen LogP contribution in [0.1, 0.15) is 11.6 Å². The van der Waals surface area contributed by atoms with E-state index < -0.39 is 7.92 Å². The predicted octanol–water partition coefficient (Wildman–Crippen LogP) is 5.49. The molecule has 0 amide bonds. The summed E-state index contributed by atoms with van der Waals surface area (Å²) in [5, 5.41) is 4.35. The molecule has 1 aliphatic carbocycles. The largest absolute Gasteiger partial charge is 0.301 e. The Bertz CT molecular complexity index is 906. The fourth-order valence-electron chi connectivity index (χ4n) is 4.05. The monoisotopic (exact) mass is 383 g/mol. The average molecular weight is 383 g/mol. The molecule has 2 atom stereocenters. The first-order valence-corrected chi connectivity index (χ1v) is 11.1. The molecule has 28 heavy (non-hydrogen) atoms. The lowest BCUT2D eigenvalue weighted by Gasteiger charge is -2.34. The molecule has 4 rings (SSSR count). The van der Waals surface area contributed by atoms with Crippen LogP contribution in [0.2, 0.25) is 0 Å². The van der Waals surface area contributed by atoms with Crippen molar-refractivity contribution >= 4 is 18.5 Å². The van der Waals surface area contributed by atoms with Gasteiger partial charge in [-0.25, -0.2) is 0 Å². The zero-order chi connectivity index (χ0) is 19.3. The highest BCUT2D eigenvalue weighted by molar-refractivity contribution is 7.76. The summed E-state index contributed by atoms with van der Waals surface area (Å²) >= 11 is 0. The van der Waals surface area contributed by atoms with E-state index in [1.54, 1.807) is 0 Å². The summed E-state index contributed by atoms with van der Waals surface area (Å²) in [6, 6.07) is 33.2. The van der Waals surface area contributed by atoms with Gasteiger partial charge in [-0.1, -0.05) is 109 Å². The maximum absolute atomic E-state index is 2.38. The van der Waals surface area contributed by atoms with Crippen molar-refractivity contribution in [2.24, 2.45) is 5.92 Å². The van der Waals surface area contributed by atoms with Crippen molar-refractivity contribution in [3.8, 4) is 0 Å². The second kappa shape index (κ2) is 8.69. The van der Waals surface area contributed by atoms with Crippen molar-refractivity contribution in [3.05, 3.63) is 120 Å². The van der Waals surface area contributed by atoms with E-state index in [1.807, 2.05) is 0 Å². The van der Waals surface area contributed by atoms with Crippen molar-refractivity contribution in [2.75, 3.05) is 14.1 Å². The van der Waals surface area contributed by atoms with Gasteiger partial charge in [-0.3, -0.25) is 0 Å². The van der Waals surface area contributed by atoms with Gasteiger partial charge in [0.15, 0.2) is 0 Å². The Kier molecular flexibility index (Phi) is 5.86. The summed E-state index contributed by atoms with van der Waals surface area (Å²) in [7, 11) is 3.81. The molecule has 0 radical (unpaired) electrons. The summed E-state index contributed by atoms with van der Waals surface area (Å²) in [6.45, 7) is 0. The van der Waals surface area contributed by atoms with Gasteiger partial charge in [0.1, 0.15) is 0 Å². The summed E-state index contributed by atoms with van der Waals surface area (Å²) in [6.07, 6.45) is 6.99. The summed E-state index contributed by atoms with van der Waals surface area (Å²) < 4.78 is 0. The molecule has 0 bridgehead atoms. The number of rotatable bonds is 6. The normalized spacial score (nSPS) is 17.1. The van der Waals surface area contributed by atoms with Crippen molar-refractivity contribution < 1.29 is 0 Å². The summed E-state index contributed by atoms with van der Waals surface area (Å²) in [5.41, 5.74) is 1.37. The minimum atomic E-state index is -0.567. The second-order valence-electron chi connectivity index (χ2n) is 7.33. The van der Waals surface area contributed by atoms with Crippen LogP contribution < -0.4 is 10.6 Å². The van der Waals surface area contributed by atoms with Gasteiger partial charge < -0.3 is 4.90 Å². The van der Waals surface area contributed by atoms with Crippen molar-refractivity contribution in [1.29, 1.82) is 0 Å². The molecule has 3 aromatic rings. The standard InChI is InChI=1S/C26H26NP/c1-27(2)26(21-13-6-3-7-14-21)24-19-12-20-25(24)28(22-15-8-4-9-16-22)23-17-10-5-11-18-23/h3-20,24,26H,1-2H3/t24?,26-/m0/s1. The van der Waals surface area contributed by atoms with E-state index in [2.05, 4.69) is 128 Å². The number of allylic oxidation sites excluding steroid dienone is 2. The van der Waals surface area contributed by atoms with Crippen molar-refractivity contribution in [2.45, 2.75) is 6.04 Å². The Labute approximate surface area is 169 Å². The van der Waals surface area contributed by atoms with Gasteiger partial charge in [0, 0.05) is 12.0 Å². The molecule has 0 saturated heterocycles. The van der Waals surface area contributed by atoms with Gasteiger partial charge in [0.2, 0.25) is 0 Å². The van der Waals surface area contributed by atoms with E-state index in [-0.39, 0.29) is 0 Å². The molecule has 140 valence electrons. The van der Waals surface area contributed by atoms with Crippen LogP contribution in [0.5, 0.6) is 0 Å². The molecular formula is C26H26NP. The highest BCUT2D eigenvalue weighted by Gasteiger charge is 2.33. The fourth-order valence-corrected chi connectivity index (χ4v) is 6.65. The molecule has 0 aliphatic heterocycles. The first-order valence-electron chi connectivity index (χ1n) is 9.75. The van der Waals surface area contributed by atoms with E-state index in [9.17, 15) is 0 Å². The van der Waals surface area contributed by atoms with Crippen molar-refractivity contribution in [1.82, 2.24) is 4.90 Å². The molecule has 0 spiro atoms. The molecule has 0 fully saturated rings. The van der Waals surface area contributed by atoms with Crippen LogP contribution in [-0.4, -0.2) is 19.0 Å². The molecule has 0 heterocycles. The third-order valence-corrected chi connectivity index (χ3v) is 7.84. The Morgan fingerprint density at radius 2 is 1.21 bits per heavy atom. The minimum absolute atomic E-state index is 0.323. The lowest BCUT2D eigenvalue weighted by Crippen LogP contribution is -2.28. The predicted molar refractivity (Wildman–Crippen MR) is 123 cm³/mol. The number of nitrogens with zero attached hydrogens (tertiary/aromatic N) is 1. The minimum Gasteiger partial charge on any atom is -0.301 e. The van der Waals surface area contributed by atoms with Crippen LogP contribution in [0.4, 0.5) is 0 Å². The van der Waals surface area contributed by atoms with Gasteiger partial charge in [-0.15, -0.1) is 0 Å². The van der Waals surface area contributed by atoms with Gasteiger partial charge in [-0.2, -0.15) is 0 Å². The quantitative estimate of drug-likeness (QED) is 0.509. The SMILES string of the molecule is CN(C)[C@@H](c1ccccc1)C1C=CC=C1P(c1ccccc1)c1ccccc1. The van der Waals surface area contributed by atoms with Crippen LogP contribution in [0, 0.1) is 5.92 Å². The second-order valence-corrected chi connectivity index (χ2v) is 9.55. The van der Waals surface area contributed by atoms with E-state index in [1.165, 1.54) is 21.5 Å². The van der Waals surface area contributed by atoms with Gasteiger partial charge in [-0.05, 0) is 43.5 Å². The lowest BCUT2D eigenvalue weighted by atomic mass is 9.93. The van der Waals surface area contributed by atoms with Crippen LogP contribution >= 0.6 is 7.92 Å². The smallest absolute Gasteiger partial charge is 0.0445 e. The van der Waals surface area contributed by atoms with Gasteiger partial charge in [0.05, 0.1) is 0 Å². The fraction of sp³-hybridized carbons (Fsp3) is 0.154. The molecule has 0 aromatic heterocycles. The number of benzene rings is 3. The van der Waals surface area contributed by atoms with Gasteiger partial charge >= 0.3 is 0 Å². The number of hydrogen-bond donors (Lipinski definition) is 0. The van der Waals surface area contributed by atoms with Crippen LogP contribution in [0.25, 0.3) is 0 Å². The molecular weight excluding hydrogens is 357 g/mol. The third-order valence-electron chi connectivity index (χ3n) is 5.25. The highest BCUT2D eigenvalue weighted by Crippen LogP contribution is 2.52. The maximum atomic E-state index is 2.38. The van der Waals surface area contributed by atoms with Crippen LogP contribution in [-0.2, 0) is 0 Å².